The van der Waals surface area contributed by atoms with E-state index in [9.17, 15) is 4.79 Å². The normalized spacial score (nSPS) is 15.1. The van der Waals surface area contributed by atoms with Crippen LogP contribution in [0, 0.1) is 5.92 Å². The number of aliphatic hydroxyl groups excluding tert-OH is 1. The van der Waals surface area contributed by atoms with E-state index in [1.165, 1.54) is 44.3 Å². The van der Waals surface area contributed by atoms with E-state index in [-0.39, 0.29) is 12.6 Å². The summed E-state index contributed by atoms with van der Waals surface area (Å²) in [4.78, 5) is 14.5. The number of aliphatic hydroxyl groups is 1. The molecule has 1 aliphatic heterocycles. The van der Waals surface area contributed by atoms with Crippen molar-refractivity contribution in [3.63, 3.8) is 0 Å². The number of nitrogens with one attached hydrogen (secondary N) is 2. The van der Waals surface area contributed by atoms with Crippen LogP contribution in [-0.4, -0.2) is 35.7 Å². The van der Waals surface area contributed by atoms with Gasteiger partial charge in [-0.15, -0.1) is 0 Å². The maximum Gasteiger partial charge on any atom is 0.315 e. The molecule has 0 radical (unpaired) electrons. The first kappa shape index (κ1) is 22.3. The highest BCUT2D eigenvalue weighted by Crippen LogP contribution is 2.23. The molecule has 30 heavy (non-hydrogen) atoms. The molecule has 1 heterocycles. The molecule has 0 aliphatic carbocycles. The van der Waals surface area contributed by atoms with E-state index in [2.05, 4.69) is 45.9 Å². The third-order valence-corrected chi connectivity index (χ3v) is 5.94. The lowest BCUT2D eigenvalue weighted by molar-refractivity contribution is 0.170. The van der Waals surface area contributed by atoms with Crippen LogP contribution in [0.1, 0.15) is 48.8 Å². The van der Waals surface area contributed by atoms with Crippen LogP contribution in [0.25, 0.3) is 0 Å². The van der Waals surface area contributed by atoms with E-state index in [1.807, 2.05) is 24.3 Å². The van der Waals surface area contributed by atoms with Crippen molar-refractivity contribution in [2.75, 3.05) is 19.6 Å². The fraction of sp³-hybridized carbons (Fsp3) is 0.480. The van der Waals surface area contributed by atoms with E-state index < -0.39 is 0 Å². The van der Waals surface area contributed by atoms with Crippen molar-refractivity contribution in [1.82, 2.24) is 15.5 Å². The zero-order valence-corrected chi connectivity index (χ0v) is 17.9. The van der Waals surface area contributed by atoms with E-state index >= 15 is 0 Å². The predicted octanol–water partition coefficient (Wildman–Crippen LogP) is 4.06. The summed E-state index contributed by atoms with van der Waals surface area (Å²) >= 11 is 0. The first-order valence-electron chi connectivity index (χ1n) is 11.2. The molecule has 2 amide bonds. The molecule has 1 saturated heterocycles. The number of hydrogen-bond donors (Lipinski definition) is 3. The molecule has 3 rings (SSSR count). The molecule has 0 saturated carbocycles. The van der Waals surface area contributed by atoms with Crippen molar-refractivity contribution in [1.29, 1.82) is 0 Å². The van der Waals surface area contributed by atoms with Crippen molar-refractivity contribution in [3.8, 4) is 0 Å². The minimum absolute atomic E-state index is 0.0427. The topological polar surface area (TPSA) is 64.6 Å². The van der Waals surface area contributed by atoms with Crippen LogP contribution in [0.4, 0.5) is 4.79 Å². The summed E-state index contributed by atoms with van der Waals surface area (Å²) in [5.74, 6) is 0.827. The Morgan fingerprint density at radius 2 is 1.60 bits per heavy atom. The molecule has 5 heteroatoms. The van der Waals surface area contributed by atoms with Crippen LogP contribution in [-0.2, 0) is 19.7 Å². The first-order valence-corrected chi connectivity index (χ1v) is 11.2. The second kappa shape index (κ2) is 12.4. The van der Waals surface area contributed by atoms with Crippen molar-refractivity contribution in [2.24, 2.45) is 5.92 Å². The Morgan fingerprint density at radius 1 is 0.900 bits per heavy atom. The summed E-state index contributed by atoms with van der Waals surface area (Å²) < 4.78 is 0. The van der Waals surface area contributed by atoms with Crippen LogP contribution in [0.3, 0.4) is 0 Å². The maximum absolute atomic E-state index is 11.9. The maximum atomic E-state index is 11.9. The Labute approximate surface area is 180 Å². The van der Waals surface area contributed by atoms with Gasteiger partial charge >= 0.3 is 6.03 Å². The fourth-order valence-electron chi connectivity index (χ4n) is 4.04. The quantitative estimate of drug-likeness (QED) is 0.519. The summed E-state index contributed by atoms with van der Waals surface area (Å²) in [6.45, 7) is 4.72. The minimum atomic E-state index is -0.115. The monoisotopic (exact) mass is 409 g/mol. The highest BCUT2D eigenvalue weighted by Gasteiger charge is 2.18. The van der Waals surface area contributed by atoms with E-state index in [0.29, 0.717) is 6.54 Å². The highest BCUT2D eigenvalue weighted by molar-refractivity contribution is 5.73. The first-order chi connectivity index (χ1) is 14.7. The molecular weight excluding hydrogens is 374 g/mol. The van der Waals surface area contributed by atoms with E-state index in [0.717, 1.165) is 36.6 Å². The molecule has 1 aliphatic rings. The summed E-state index contributed by atoms with van der Waals surface area (Å²) in [5, 5.41) is 14.9. The summed E-state index contributed by atoms with van der Waals surface area (Å²) in [7, 11) is 0. The Hall–Kier alpha value is -2.37. The van der Waals surface area contributed by atoms with Crippen LogP contribution < -0.4 is 10.6 Å². The van der Waals surface area contributed by atoms with Crippen LogP contribution in [0.5, 0.6) is 0 Å². The number of carbonyl (C=O) groups is 1. The number of nitrogens with zero attached hydrogens (tertiary/aromatic N) is 1. The van der Waals surface area contributed by atoms with Gasteiger partial charge in [0.2, 0.25) is 0 Å². The number of amides is 2. The van der Waals surface area contributed by atoms with Gasteiger partial charge in [-0.2, -0.15) is 0 Å². The Bertz CT molecular complexity index is 741. The smallest absolute Gasteiger partial charge is 0.315 e. The van der Waals surface area contributed by atoms with Gasteiger partial charge in [-0.3, -0.25) is 4.90 Å². The third kappa shape index (κ3) is 7.81. The number of piperidine rings is 1. The summed E-state index contributed by atoms with van der Waals surface area (Å²) in [6, 6.07) is 18.2. The molecule has 2 aromatic carbocycles. The number of unbranched alkanes of at least 4 members (excludes halogenated alkanes) is 1. The zero-order valence-electron chi connectivity index (χ0n) is 17.9. The van der Waals surface area contributed by atoms with Gasteiger partial charge in [-0.05, 0) is 55.0 Å². The lowest BCUT2D eigenvalue weighted by Crippen LogP contribution is -2.35. The molecule has 0 atom stereocenters. The van der Waals surface area contributed by atoms with Gasteiger partial charge in [0.05, 0.1) is 6.61 Å². The third-order valence-electron chi connectivity index (χ3n) is 5.94. The molecule has 0 aromatic heterocycles. The van der Waals surface area contributed by atoms with Gasteiger partial charge < -0.3 is 15.7 Å². The highest BCUT2D eigenvalue weighted by atomic mass is 16.3. The standard InChI is InChI=1S/C25H35N3O2/c29-20-24-11-9-22(10-12-24)18-27-25(30)26-15-5-4-6-21-13-16-28(17-14-21)19-23-7-2-1-3-8-23/h1-3,7-12,21,29H,4-6,13-20H2,(H2,26,27,30). The lowest BCUT2D eigenvalue weighted by Gasteiger charge is -2.32. The van der Waals surface area contributed by atoms with Crippen molar-refractivity contribution in [3.05, 3.63) is 71.3 Å². The Morgan fingerprint density at radius 3 is 2.30 bits per heavy atom. The SMILES string of the molecule is O=C(NCCCCC1CCN(Cc2ccccc2)CC1)NCc1ccc(CO)cc1. The fourth-order valence-corrected chi connectivity index (χ4v) is 4.04. The molecule has 0 spiro atoms. The molecule has 0 unspecified atom stereocenters. The molecular formula is C25H35N3O2. The molecule has 2 aromatic rings. The van der Waals surface area contributed by atoms with Crippen molar-refractivity contribution >= 4 is 6.03 Å². The van der Waals surface area contributed by atoms with Crippen LogP contribution in [0.15, 0.2) is 54.6 Å². The Kier molecular flexibility index (Phi) is 9.19. The number of likely N-dealkylation sites (tertiary alicyclic amines) is 1. The molecule has 162 valence electrons. The molecule has 5 nitrogen and oxygen atoms in total. The summed E-state index contributed by atoms with van der Waals surface area (Å²) in [6.07, 6.45) is 6.04. The van der Waals surface area contributed by atoms with E-state index in [1.54, 1.807) is 0 Å². The van der Waals surface area contributed by atoms with Crippen molar-refractivity contribution < 1.29 is 9.90 Å². The predicted molar refractivity (Wildman–Crippen MR) is 121 cm³/mol. The Balaban J connectivity index is 1.20. The lowest BCUT2D eigenvalue weighted by atomic mass is 9.91. The number of urea groups is 1. The largest absolute Gasteiger partial charge is 0.392 e. The number of hydrogen-bond acceptors (Lipinski definition) is 3. The second-order valence-corrected chi connectivity index (χ2v) is 8.28. The zero-order chi connectivity index (χ0) is 21.0. The minimum Gasteiger partial charge on any atom is -0.392 e. The summed E-state index contributed by atoms with van der Waals surface area (Å²) in [5.41, 5.74) is 3.31. The van der Waals surface area contributed by atoms with Crippen molar-refractivity contribution in [2.45, 2.75) is 51.8 Å². The molecule has 3 N–H and O–H groups in total. The van der Waals surface area contributed by atoms with E-state index in [4.69, 9.17) is 5.11 Å². The van der Waals surface area contributed by atoms with Gasteiger partial charge in [0.25, 0.3) is 0 Å². The van der Waals surface area contributed by atoms with Gasteiger partial charge in [0.15, 0.2) is 0 Å². The molecule has 1 fully saturated rings. The molecule has 0 bridgehead atoms. The second-order valence-electron chi connectivity index (χ2n) is 8.28. The number of carbonyl (C=O) groups excluding carboxylic acids is 1. The van der Waals surface area contributed by atoms with Gasteiger partial charge in [0.1, 0.15) is 0 Å². The van der Waals surface area contributed by atoms with Gasteiger partial charge in [-0.1, -0.05) is 67.4 Å². The number of rotatable bonds is 10. The van der Waals surface area contributed by atoms with Crippen LogP contribution >= 0.6 is 0 Å². The van der Waals surface area contributed by atoms with Crippen LogP contribution in [0.2, 0.25) is 0 Å². The average molecular weight is 410 g/mol. The van der Waals surface area contributed by atoms with Gasteiger partial charge in [0, 0.05) is 19.6 Å². The number of benzene rings is 2. The van der Waals surface area contributed by atoms with Gasteiger partial charge in [-0.25, -0.2) is 4.79 Å². The average Bonchev–Trinajstić information content (AvgIpc) is 2.79.